The highest BCUT2D eigenvalue weighted by Crippen LogP contribution is 2.22. The van der Waals surface area contributed by atoms with Gasteiger partial charge in [-0.3, -0.25) is 4.79 Å². The minimum Gasteiger partial charge on any atom is -0.507 e. The molecule has 0 unspecified atom stereocenters. The Balaban J connectivity index is 3.08. The maximum Gasteiger partial charge on any atom is 0.379 e. The summed E-state index contributed by atoms with van der Waals surface area (Å²) in [5, 5.41) is 9.35. The summed E-state index contributed by atoms with van der Waals surface area (Å²) >= 11 is 3.11. The van der Waals surface area contributed by atoms with Crippen LogP contribution in [0.4, 0.5) is 0 Å². The smallest absolute Gasteiger partial charge is 0.379 e. The van der Waals surface area contributed by atoms with Crippen LogP contribution in [0.3, 0.4) is 0 Å². The van der Waals surface area contributed by atoms with Gasteiger partial charge in [0.2, 0.25) is 0 Å². The zero-order chi connectivity index (χ0) is 10.7. The Morgan fingerprint density at radius 1 is 1.43 bits per heavy atom. The lowest BCUT2D eigenvalue weighted by atomic mass is 10.1. The summed E-state index contributed by atoms with van der Waals surface area (Å²) in [6, 6.07) is 4.23. The van der Waals surface area contributed by atoms with E-state index in [0.29, 0.717) is 4.47 Å². The van der Waals surface area contributed by atoms with Gasteiger partial charge in [0, 0.05) is 4.47 Å². The first kappa shape index (κ1) is 10.7. The van der Waals surface area contributed by atoms with Gasteiger partial charge < -0.3 is 9.84 Å². The van der Waals surface area contributed by atoms with Crippen molar-refractivity contribution < 1.29 is 19.4 Å². The van der Waals surface area contributed by atoms with Gasteiger partial charge in [0.15, 0.2) is 0 Å². The normalized spacial score (nSPS) is 9.57. The Labute approximate surface area is 88.6 Å². The molecule has 0 fully saturated rings. The maximum absolute atomic E-state index is 11.3. The summed E-state index contributed by atoms with van der Waals surface area (Å²) in [5.74, 6) is -2.12. The summed E-state index contributed by atoms with van der Waals surface area (Å²) < 4.78 is 4.86. The molecule has 1 aromatic rings. The van der Waals surface area contributed by atoms with Gasteiger partial charge in [0.05, 0.1) is 12.7 Å². The van der Waals surface area contributed by atoms with E-state index in [4.69, 9.17) is 0 Å². The average Bonchev–Trinajstić information content (AvgIpc) is 2.15. The molecule has 0 saturated heterocycles. The van der Waals surface area contributed by atoms with E-state index in [2.05, 4.69) is 20.7 Å². The summed E-state index contributed by atoms with van der Waals surface area (Å²) in [6.07, 6.45) is 0. The Hall–Kier alpha value is -1.36. The van der Waals surface area contributed by atoms with E-state index in [0.717, 1.165) is 7.11 Å². The third-order valence-electron chi connectivity index (χ3n) is 1.58. The molecule has 0 spiro atoms. The van der Waals surface area contributed by atoms with Crippen LogP contribution in [0, 0.1) is 0 Å². The number of hydrogen-bond donors (Lipinski definition) is 1. The van der Waals surface area contributed by atoms with Crippen LogP contribution in [-0.4, -0.2) is 24.0 Å². The molecule has 0 aliphatic carbocycles. The van der Waals surface area contributed by atoms with Crippen molar-refractivity contribution in [3.8, 4) is 5.75 Å². The predicted octanol–water partition coefficient (Wildman–Crippen LogP) is 1.51. The molecule has 1 rings (SSSR count). The number of phenolic OH excluding ortho intramolecular Hbond substituents is 1. The highest BCUT2D eigenvalue weighted by atomic mass is 79.9. The molecule has 74 valence electrons. The average molecular weight is 259 g/mol. The summed E-state index contributed by atoms with van der Waals surface area (Å²) in [6.45, 7) is 0. The summed E-state index contributed by atoms with van der Waals surface area (Å²) in [7, 11) is 1.11. The fourth-order valence-corrected chi connectivity index (χ4v) is 1.25. The number of hydrogen-bond acceptors (Lipinski definition) is 4. The van der Waals surface area contributed by atoms with Gasteiger partial charge >= 0.3 is 5.97 Å². The van der Waals surface area contributed by atoms with Gasteiger partial charge in [0.25, 0.3) is 5.78 Å². The quantitative estimate of drug-likeness (QED) is 0.496. The van der Waals surface area contributed by atoms with Crippen molar-refractivity contribution in [2.75, 3.05) is 7.11 Å². The first-order chi connectivity index (χ1) is 6.56. The Bertz CT molecular complexity index is 386. The number of carbonyl (C=O) groups excluding carboxylic acids is 2. The van der Waals surface area contributed by atoms with E-state index in [9.17, 15) is 14.7 Å². The summed E-state index contributed by atoms with van der Waals surface area (Å²) in [4.78, 5) is 22.1. The van der Waals surface area contributed by atoms with Gasteiger partial charge in [-0.15, -0.1) is 0 Å². The Morgan fingerprint density at radius 3 is 2.57 bits per heavy atom. The topological polar surface area (TPSA) is 63.6 Å². The van der Waals surface area contributed by atoms with Crippen molar-refractivity contribution >= 4 is 27.7 Å². The van der Waals surface area contributed by atoms with E-state index in [-0.39, 0.29) is 11.3 Å². The number of ketones is 1. The second-order valence-electron chi connectivity index (χ2n) is 2.48. The lowest BCUT2D eigenvalue weighted by Gasteiger charge is -2.02. The van der Waals surface area contributed by atoms with Crippen molar-refractivity contribution in [1.82, 2.24) is 0 Å². The van der Waals surface area contributed by atoms with Crippen LogP contribution >= 0.6 is 15.9 Å². The fraction of sp³-hybridized carbons (Fsp3) is 0.111. The third kappa shape index (κ3) is 2.11. The van der Waals surface area contributed by atoms with E-state index >= 15 is 0 Å². The molecule has 1 N–H and O–H groups in total. The van der Waals surface area contributed by atoms with Gasteiger partial charge in [-0.2, -0.15) is 0 Å². The van der Waals surface area contributed by atoms with E-state index in [1.165, 1.54) is 12.1 Å². The van der Waals surface area contributed by atoms with E-state index < -0.39 is 11.8 Å². The van der Waals surface area contributed by atoms with Gasteiger partial charge in [-0.05, 0) is 18.2 Å². The number of carbonyl (C=O) groups is 2. The molecule has 1 aromatic carbocycles. The molecular weight excluding hydrogens is 252 g/mol. The van der Waals surface area contributed by atoms with Crippen molar-refractivity contribution in [2.24, 2.45) is 0 Å². The highest BCUT2D eigenvalue weighted by molar-refractivity contribution is 9.10. The first-order valence-corrected chi connectivity index (χ1v) is 4.46. The second-order valence-corrected chi connectivity index (χ2v) is 3.40. The van der Waals surface area contributed by atoms with Gasteiger partial charge in [-0.1, -0.05) is 15.9 Å². The summed E-state index contributed by atoms with van der Waals surface area (Å²) in [5.41, 5.74) is -0.0694. The van der Waals surface area contributed by atoms with Gasteiger partial charge in [-0.25, -0.2) is 4.79 Å². The standard InChI is InChI=1S/C9H7BrO4/c1-14-9(13)8(12)6-3-2-5(10)4-7(6)11/h2-4,11H,1H3. The zero-order valence-corrected chi connectivity index (χ0v) is 8.87. The van der Waals surface area contributed by atoms with Crippen LogP contribution in [0.25, 0.3) is 0 Å². The van der Waals surface area contributed by atoms with Crippen LogP contribution in [-0.2, 0) is 9.53 Å². The number of Topliss-reactive ketones (excluding diaryl/α,β-unsaturated/α-hetero) is 1. The minimum atomic E-state index is -0.998. The number of rotatable bonds is 2. The molecule has 4 nitrogen and oxygen atoms in total. The molecule has 0 aliphatic heterocycles. The number of phenols is 1. The molecule has 0 saturated carbocycles. The largest absolute Gasteiger partial charge is 0.507 e. The van der Waals surface area contributed by atoms with Crippen molar-refractivity contribution in [3.05, 3.63) is 28.2 Å². The molecular formula is C9H7BrO4. The van der Waals surface area contributed by atoms with E-state index in [1.54, 1.807) is 6.07 Å². The van der Waals surface area contributed by atoms with Crippen molar-refractivity contribution in [3.63, 3.8) is 0 Å². The number of halogens is 1. The SMILES string of the molecule is COC(=O)C(=O)c1ccc(Br)cc1O. The molecule has 0 heterocycles. The molecule has 14 heavy (non-hydrogen) atoms. The molecule has 0 bridgehead atoms. The predicted molar refractivity (Wildman–Crippen MR) is 52.2 cm³/mol. The van der Waals surface area contributed by atoms with Crippen LogP contribution in [0.1, 0.15) is 10.4 Å². The van der Waals surface area contributed by atoms with Crippen LogP contribution in [0.15, 0.2) is 22.7 Å². The lowest BCUT2D eigenvalue weighted by Crippen LogP contribution is -2.15. The van der Waals surface area contributed by atoms with Crippen molar-refractivity contribution in [2.45, 2.75) is 0 Å². The lowest BCUT2D eigenvalue weighted by molar-refractivity contribution is -0.135. The number of methoxy groups -OCH3 is 1. The van der Waals surface area contributed by atoms with Gasteiger partial charge in [0.1, 0.15) is 5.75 Å². The molecule has 0 radical (unpaired) electrons. The number of ether oxygens (including phenoxy) is 1. The molecule has 0 aromatic heterocycles. The number of benzene rings is 1. The number of aromatic hydroxyl groups is 1. The van der Waals surface area contributed by atoms with Crippen LogP contribution in [0.2, 0.25) is 0 Å². The fourth-order valence-electron chi connectivity index (χ4n) is 0.899. The van der Waals surface area contributed by atoms with E-state index in [1.807, 2.05) is 0 Å². The van der Waals surface area contributed by atoms with Crippen LogP contribution in [0.5, 0.6) is 5.75 Å². The monoisotopic (exact) mass is 258 g/mol. The third-order valence-corrected chi connectivity index (χ3v) is 2.07. The zero-order valence-electron chi connectivity index (χ0n) is 7.28. The van der Waals surface area contributed by atoms with Crippen molar-refractivity contribution in [1.29, 1.82) is 0 Å². The minimum absolute atomic E-state index is 0.0694. The molecule has 5 heteroatoms. The molecule has 0 amide bonds. The Kier molecular flexibility index (Phi) is 3.24. The molecule has 0 atom stereocenters. The highest BCUT2D eigenvalue weighted by Gasteiger charge is 2.19. The Morgan fingerprint density at radius 2 is 2.07 bits per heavy atom. The maximum atomic E-state index is 11.3. The number of esters is 1. The first-order valence-electron chi connectivity index (χ1n) is 3.67. The second kappa shape index (κ2) is 4.23. The molecule has 0 aliphatic rings. The van der Waals surface area contributed by atoms with Crippen LogP contribution < -0.4 is 0 Å².